The lowest BCUT2D eigenvalue weighted by atomic mass is 10.1. The molecule has 2 aromatic rings. The van der Waals surface area contributed by atoms with Crippen LogP contribution in [-0.4, -0.2) is 5.11 Å². The van der Waals surface area contributed by atoms with E-state index < -0.39 is 0 Å². The second-order valence-corrected chi connectivity index (χ2v) is 5.14. The van der Waals surface area contributed by atoms with Gasteiger partial charge in [-0.15, -0.1) is 0 Å². The highest BCUT2D eigenvalue weighted by molar-refractivity contribution is 9.10. The molecule has 0 heterocycles. The lowest BCUT2D eigenvalue weighted by Gasteiger charge is -2.10. The standard InChI is InChI=1S/C15H15BrO2/c1-10-3-6-15(14(16)7-10)18-13-5-4-12(9-17)11(2)8-13/h3-8,17H,9H2,1-2H3. The Labute approximate surface area is 115 Å². The third kappa shape index (κ3) is 2.92. The van der Waals surface area contributed by atoms with Crippen LogP contribution in [-0.2, 0) is 6.61 Å². The summed E-state index contributed by atoms with van der Waals surface area (Å²) in [6.07, 6.45) is 0. The number of aliphatic hydroxyl groups excluding tert-OH is 1. The Morgan fingerprint density at radius 2 is 1.89 bits per heavy atom. The molecule has 2 aromatic carbocycles. The lowest BCUT2D eigenvalue weighted by molar-refractivity contribution is 0.281. The van der Waals surface area contributed by atoms with E-state index in [9.17, 15) is 0 Å². The van der Waals surface area contributed by atoms with Crippen LogP contribution in [0.1, 0.15) is 16.7 Å². The summed E-state index contributed by atoms with van der Waals surface area (Å²) in [6.45, 7) is 4.05. The summed E-state index contributed by atoms with van der Waals surface area (Å²) in [5.41, 5.74) is 3.13. The molecule has 0 amide bonds. The summed E-state index contributed by atoms with van der Waals surface area (Å²) in [6, 6.07) is 11.6. The summed E-state index contributed by atoms with van der Waals surface area (Å²) in [4.78, 5) is 0. The van der Waals surface area contributed by atoms with E-state index in [0.717, 1.165) is 27.1 Å². The van der Waals surface area contributed by atoms with Crippen molar-refractivity contribution in [1.29, 1.82) is 0 Å². The van der Waals surface area contributed by atoms with Crippen LogP contribution in [0.15, 0.2) is 40.9 Å². The fourth-order valence-electron chi connectivity index (χ4n) is 1.72. The third-order valence-electron chi connectivity index (χ3n) is 2.80. The maximum absolute atomic E-state index is 9.13. The largest absolute Gasteiger partial charge is 0.456 e. The minimum Gasteiger partial charge on any atom is -0.456 e. The minimum absolute atomic E-state index is 0.0559. The van der Waals surface area contributed by atoms with Crippen LogP contribution in [0.3, 0.4) is 0 Å². The normalized spacial score (nSPS) is 10.4. The minimum atomic E-state index is 0.0559. The van der Waals surface area contributed by atoms with Gasteiger partial charge >= 0.3 is 0 Å². The first-order valence-corrected chi connectivity index (χ1v) is 6.54. The Hall–Kier alpha value is -1.32. The predicted molar refractivity (Wildman–Crippen MR) is 76.1 cm³/mol. The molecule has 0 aromatic heterocycles. The summed E-state index contributed by atoms with van der Waals surface area (Å²) in [5, 5.41) is 9.13. The molecular formula is C15H15BrO2. The second-order valence-electron chi connectivity index (χ2n) is 4.28. The van der Waals surface area contributed by atoms with Crippen molar-refractivity contribution in [3.05, 3.63) is 57.6 Å². The topological polar surface area (TPSA) is 29.5 Å². The van der Waals surface area contributed by atoms with Crippen LogP contribution in [0.5, 0.6) is 11.5 Å². The van der Waals surface area contributed by atoms with E-state index in [-0.39, 0.29) is 6.61 Å². The van der Waals surface area contributed by atoms with Gasteiger partial charge < -0.3 is 9.84 Å². The van der Waals surface area contributed by atoms with Crippen molar-refractivity contribution in [2.45, 2.75) is 20.5 Å². The van der Waals surface area contributed by atoms with Gasteiger partial charge in [0.25, 0.3) is 0 Å². The van der Waals surface area contributed by atoms with Gasteiger partial charge in [0.05, 0.1) is 11.1 Å². The SMILES string of the molecule is Cc1ccc(Oc2ccc(CO)c(C)c2)c(Br)c1. The molecule has 0 aliphatic rings. The Balaban J connectivity index is 2.26. The van der Waals surface area contributed by atoms with Gasteiger partial charge in [-0.05, 0) is 70.7 Å². The maximum Gasteiger partial charge on any atom is 0.141 e. The number of halogens is 1. The van der Waals surface area contributed by atoms with Gasteiger partial charge in [-0.2, -0.15) is 0 Å². The Kier molecular flexibility index (Phi) is 4.04. The van der Waals surface area contributed by atoms with Crippen molar-refractivity contribution in [2.75, 3.05) is 0 Å². The van der Waals surface area contributed by atoms with Gasteiger partial charge in [-0.3, -0.25) is 0 Å². The van der Waals surface area contributed by atoms with E-state index >= 15 is 0 Å². The highest BCUT2D eigenvalue weighted by atomic mass is 79.9. The number of benzene rings is 2. The molecule has 3 heteroatoms. The van der Waals surface area contributed by atoms with Crippen molar-refractivity contribution in [3.63, 3.8) is 0 Å². The molecule has 0 saturated carbocycles. The molecule has 2 rings (SSSR count). The smallest absolute Gasteiger partial charge is 0.141 e. The maximum atomic E-state index is 9.13. The van der Waals surface area contributed by atoms with Gasteiger partial charge in [-0.1, -0.05) is 12.1 Å². The summed E-state index contributed by atoms with van der Waals surface area (Å²) in [5.74, 6) is 1.56. The molecule has 0 aliphatic heterocycles. The first-order chi connectivity index (χ1) is 8.60. The van der Waals surface area contributed by atoms with Crippen LogP contribution in [0.25, 0.3) is 0 Å². The summed E-state index contributed by atoms with van der Waals surface area (Å²) < 4.78 is 6.75. The summed E-state index contributed by atoms with van der Waals surface area (Å²) >= 11 is 3.49. The zero-order valence-electron chi connectivity index (χ0n) is 10.4. The molecule has 0 fully saturated rings. The molecule has 0 atom stereocenters. The molecule has 0 spiro atoms. The van der Waals surface area contributed by atoms with E-state index in [1.165, 1.54) is 5.56 Å². The zero-order valence-corrected chi connectivity index (χ0v) is 12.0. The number of aryl methyl sites for hydroxylation is 2. The van der Waals surface area contributed by atoms with Gasteiger partial charge in [0.15, 0.2) is 0 Å². The van der Waals surface area contributed by atoms with Crippen molar-refractivity contribution in [1.82, 2.24) is 0 Å². The lowest BCUT2D eigenvalue weighted by Crippen LogP contribution is -1.91. The quantitative estimate of drug-likeness (QED) is 0.913. The number of rotatable bonds is 3. The average molecular weight is 307 g/mol. The van der Waals surface area contributed by atoms with Gasteiger partial charge in [0, 0.05) is 0 Å². The second kappa shape index (κ2) is 5.55. The molecule has 0 aliphatic carbocycles. The first kappa shape index (κ1) is 13.1. The number of hydrogen-bond donors (Lipinski definition) is 1. The highest BCUT2D eigenvalue weighted by Crippen LogP contribution is 2.31. The highest BCUT2D eigenvalue weighted by Gasteiger charge is 2.04. The van der Waals surface area contributed by atoms with Gasteiger partial charge in [-0.25, -0.2) is 0 Å². The third-order valence-corrected chi connectivity index (χ3v) is 3.42. The van der Waals surface area contributed by atoms with Crippen molar-refractivity contribution < 1.29 is 9.84 Å². The average Bonchev–Trinajstić information content (AvgIpc) is 2.33. The zero-order chi connectivity index (χ0) is 13.1. The molecule has 18 heavy (non-hydrogen) atoms. The van der Waals surface area contributed by atoms with Crippen LogP contribution in [0.4, 0.5) is 0 Å². The van der Waals surface area contributed by atoms with E-state index in [4.69, 9.17) is 9.84 Å². The fraction of sp³-hybridized carbons (Fsp3) is 0.200. The van der Waals surface area contributed by atoms with Crippen LogP contribution in [0, 0.1) is 13.8 Å². The number of ether oxygens (including phenoxy) is 1. The molecule has 0 unspecified atom stereocenters. The molecule has 0 bridgehead atoms. The molecule has 1 N–H and O–H groups in total. The number of aliphatic hydroxyl groups is 1. The van der Waals surface area contributed by atoms with Crippen LogP contribution >= 0.6 is 15.9 Å². The predicted octanol–water partition coefficient (Wildman–Crippen LogP) is 4.35. The fourth-order valence-corrected chi connectivity index (χ4v) is 2.30. The van der Waals surface area contributed by atoms with E-state index in [0.29, 0.717) is 0 Å². The molecular weight excluding hydrogens is 292 g/mol. The van der Waals surface area contributed by atoms with Crippen molar-refractivity contribution in [3.8, 4) is 11.5 Å². The van der Waals surface area contributed by atoms with Crippen molar-refractivity contribution in [2.24, 2.45) is 0 Å². The van der Waals surface area contributed by atoms with Crippen LogP contribution in [0.2, 0.25) is 0 Å². The first-order valence-electron chi connectivity index (χ1n) is 5.74. The molecule has 0 saturated heterocycles. The van der Waals surface area contributed by atoms with Crippen molar-refractivity contribution >= 4 is 15.9 Å². The molecule has 94 valence electrons. The Morgan fingerprint density at radius 1 is 1.11 bits per heavy atom. The number of hydrogen-bond acceptors (Lipinski definition) is 2. The van der Waals surface area contributed by atoms with E-state index in [1.807, 2.05) is 50.2 Å². The Morgan fingerprint density at radius 3 is 2.50 bits per heavy atom. The van der Waals surface area contributed by atoms with Gasteiger partial charge in [0.2, 0.25) is 0 Å². The van der Waals surface area contributed by atoms with Gasteiger partial charge in [0.1, 0.15) is 11.5 Å². The molecule has 2 nitrogen and oxygen atoms in total. The summed E-state index contributed by atoms with van der Waals surface area (Å²) in [7, 11) is 0. The monoisotopic (exact) mass is 306 g/mol. The Bertz CT molecular complexity index is 564. The molecule has 0 radical (unpaired) electrons. The van der Waals surface area contributed by atoms with E-state index in [2.05, 4.69) is 15.9 Å². The van der Waals surface area contributed by atoms with E-state index in [1.54, 1.807) is 0 Å². The van der Waals surface area contributed by atoms with Crippen LogP contribution < -0.4 is 4.74 Å².